The molecule has 0 unspecified atom stereocenters. The van der Waals surface area contributed by atoms with Crippen molar-refractivity contribution in [1.29, 1.82) is 0 Å². The van der Waals surface area contributed by atoms with Crippen LogP contribution >= 0.6 is 0 Å². The Labute approximate surface area is 106 Å². The second-order valence-electron chi connectivity index (χ2n) is 4.58. The molecule has 0 atom stereocenters. The van der Waals surface area contributed by atoms with Crippen LogP contribution in [0, 0.1) is 12.8 Å². The van der Waals surface area contributed by atoms with Crippen molar-refractivity contribution in [2.45, 2.75) is 24.7 Å². The Bertz CT molecular complexity index is 576. The number of rotatable bonds is 5. The molecule has 0 bridgehead atoms. The lowest BCUT2D eigenvalue weighted by Gasteiger charge is -2.08. The number of sulfonamides is 1. The van der Waals surface area contributed by atoms with Crippen LogP contribution in [0.15, 0.2) is 23.1 Å². The van der Waals surface area contributed by atoms with E-state index in [-0.39, 0.29) is 10.5 Å². The summed E-state index contributed by atoms with van der Waals surface area (Å²) in [6, 6.07) is 4.14. The fraction of sp³-hybridized carbons (Fsp3) is 0.417. The number of hydrogen-bond donors (Lipinski definition) is 2. The van der Waals surface area contributed by atoms with E-state index in [1.807, 2.05) is 0 Å². The Kier molecular flexibility index (Phi) is 3.41. The van der Waals surface area contributed by atoms with E-state index < -0.39 is 16.0 Å². The number of carboxylic acids is 1. The van der Waals surface area contributed by atoms with Gasteiger partial charge in [0, 0.05) is 6.54 Å². The summed E-state index contributed by atoms with van der Waals surface area (Å²) in [6.45, 7) is 2.07. The van der Waals surface area contributed by atoms with E-state index in [1.54, 1.807) is 6.92 Å². The van der Waals surface area contributed by atoms with E-state index in [1.165, 1.54) is 18.2 Å². The van der Waals surface area contributed by atoms with Crippen LogP contribution in [0.4, 0.5) is 0 Å². The van der Waals surface area contributed by atoms with Crippen LogP contribution in [0.25, 0.3) is 0 Å². The largest absolute Gasteiger partial charge is 0.478 e. The molecular formula is C12H15NO4S. The number of nitrogens with one attached hydrogen (secondary N) is 1. The number of aryl methyl sites for hydroxylation is 1. The second-order valence-corrected chi connectivity index (χ2v) is 6.34. The molecule has 0 saturated heterocycles. The smallest absolute Gasteiger partial charge is 0.335 e. The Morgan fingerprint density at radius 2 is 2.11 bits per heavy atom. The van der Waals surface area contributed by atoms with Gasteiger partial charge in [0.25, 0.3) is 0 Å². The van der Waals surface area contributed by atoms with Crippen molar-refractivity contribution in [2.75, 3.05) is 6.54 Å². The molecule has 6 heteroatoms. The van der Waals surface area contributed by atoms with Crippen molar-refractivity contribution in [3.63, 3.8) is 0 Å². The molecule has 1 fully saturated rings. The van der Waals surface area contributed by atoms with Crippen LogP contribution in [-0.4, -0.2) is 26.0 Å². The molecule has 0 aromatic heterocycles. The predicted octanol–water partition coefficient (Wildman–Crippen LogP) is 1.38. The standard InChI is InChI=1S/C12H15NO4S/c1-8-2-5-10(6-11(8)12(14)15)18(16,17)13-7-9-3-4-9/h2,5-6,9,13H,3-4,7H2,1H3,(H,14,15). The summed E-state index contributed by atoms with van der Waals surface area (Å²) in [5, 5.41) is 8.97. The molecule has 0 radical (unpaired) electrons. The number of benzene rings is 1. The number of carbonyl (C=O) groups is 1. The first kappa shape index (κ1) is 13.0. The molecule has 0 amide bonds. The highest BCUT2D eigenvalue weighted by atomic mass is 32.2. The van der Waals surface area contributed by atoms with E-state index in [2.05, 4.69) is 4.72 Å². The second kappa shape index (κ2) is 4.70. The van der Waals surface area contributed by atoms with E-state index in [4.69, 9.17) is 5.11 Å². The van der Waals surface area contributed by atoms with Gasteiger partial charge in [0.1, 0.15) is 0 Å². The Morgan fingerprint density at radius 3 is 2.67 bits per heavy atom. The maximum Gasteiger partial charge on any atom is 0.335 e. The van der Waals surface area contributed by atoms with Crippen molar-refractivity contribution in [2.24, 2.45) is 5.92 Å². The zero-order valence-electron chi connectivity index (χ0n) is 10.0. The maximum atomic E-state index is 11.9. The van der Waals surface area contributed by atoms with Crippen LogP contribution in [-0.2, 0) is 10.0 Å². The Hall–Kier alpha value is -1.40. The molecule has 0 aliphatic heterocycles. The van der Waals surface area contributed by atoms with Gasteiger partial charge in [0.2, 0.25) is 10.0 Å². The van der Waals surface area contributed by atoms with Gasteiger partial charge in [-0.2, -0.15) is 0 Å². The van der Waals surface area contributed by atoms with E-state index in [9.17, 15) is 13.2 Å². The van der Waals surface area contributed by atoms with E-state index in [0.717, 1.165) is 12.8 Å². The van der Waals surface area contributed by atoms with Gasteiger partial charge in [-0.15, -0.1) is 0 Å². The number of aromatic carboxylic acids is 1. The molecule has 1 aromatic rings. The first-order valence-electron chi connectivity index (χ1n) is 5.74. The van der Waals surface area contributed by atoms with Gasteiger partial charge in [-0.05, 0) is 43.4 Å². The molecule has 5 nitrogen and oxygen atoms in total. The third-order valence-corrected chi connectivity index (χ3v) is 4.43. The van der Waals surface area contributed by atoms with Crippen molar-refractivity contribution < 1.29 is 18.3 Å². The third-order valence-electron chi connectivity index (χ3n) is 3.01. The van der Waals surface area contributed by atoms with Crippen molar-refractivity contribution in [3.05, 3.63) is 29.3 Å². The molecule has 1 aliphatic carbocycles. The van der Waals surface area contributed by atoms with Crippen molar-refractivity contribution in [1.82, 2.24) is 4.72 Å². The molecular weight excluding hydrogens is 254 g/mol. The molecule has 2 N–H and O–H groups in total. The summed E-state index contributed by atoms with van der Waals surface area (Å²) < 4.78 is 26.4. The molecule has 1 saturated carbocycles. The van der Waals surface area contributed by atoms with E-state index in [0.29, 0.717) is 18.0 Å². The van der Waals surface area contributed by atoms with Crippen LogP contribution in [0.2, 0.25) is 0 Å². The summed E-state index contributed by atoms with van der Waals surface area (Å²) in [5.74, 6) is -0.684. The molecule has 1 aliphatic rings. The molecule has 2 rings (SSSR count). The monoisotopic (exact) mass is 269 g/mol. The third kappa shape index (κ3) is 2.88. The quantitative estimate of drug-likeness (QED) is 0.846. The van der Waals surface area contributed by atoms with E-state index >= 15 is 0 Å². The van der Waals surface area contributed by atoms with Crippen LogP contribution in [0.1, 0.15) is 28.8 Å². The van der Waals surface area contributed by atoms with Crippen LogP contribution in [0.5, 0.6) is 0 Å². The van der Waals surface area contributed by atoms with Gasteiger partial charge in [0.05, 0.1) is 10.5 Å². The van der Waals surface area contributed by atoms with Gasteiger partial charge in [-0.1, -0.05) is 6.07 Å². The minimum Gasteiger partial charge on any atom is -0.478 e. The normalized spacial score (nSPS) is 15.6. The topological polar surface area (TPSA) is 83.5 Å². The zero-order valence-corrected chi connectivity index (χ0v) is 10.8. The fourth-order valence-corrected chi connectivity index (χ4v) is 2.77. The van der Waals surface area contributed by atoms with Crippen LogP contribution in [0.3, 0.4) is 0 Å². The fourth-order valence-electron chi connectivity index (χ4n) is 1.63. The van der Waals surface area contributed by atoms with Gasteiger partial charge >= 0.3 is 5.97 Å². The lowest BCUT2D eigenvalue weighted by molar-refractivity contribution is 0.0696. The van der Waals surface area contributed by atoms with Crippen LogP contribution < -0.4 is 4.72 Å². The summed E-state index contributed by atoms with van der Waals surface area (Å²) in [4.78, 5) is 11.0. The highest BCUT2D eigenvalue weighted by Crippen LogP contribution is 2.28. The average molecular weight is 269 g/mol. The predicted molar refractivity (Wildman–Crippen MR) is 66.1 cm³/mol. The first-order valence-corrected chi connectivity index (χ1v) is 7.22. The highest BCUT2D eigenvalue weighted by Gasteiger charge is 2.24. The van der Waals surface area contributed by atoms with Gasteiger partial charge in [-0.3, -0.25) is 0 Å². The highest BCUT2D eigenvalue weighted by molar-refractivity contribution is 7.89. The number of carboxylic acid groups (broad SMARTS) is 1. The molecule has 1 aromatic carbocycles. The molecule has 98 valence electrons. The first-order chi connectivity index (χ1) is 8.40. The maximum absolute atomic E-state index is 11.9. The summed E-state index contributed by atoms with van der Waals surface area (Å²) >= 11 is 0. The average Bonchev–Trinajstić information content (AvgIpc) is 3.10. The van der Waals surface area contributed by atoms with Crippen molar-refractivity contribution >= 4 is 16.0 Å². The minimum absolute atomic E-state index is 0.00569. The molecule has 18 heavy (non-hydrogen) atoms. The molecule has 0 heterocycles. The SMILES string of the molecule is Cc1ccc(S(=O)(=O)NCC2CC2)cc1C(=O)O. The summed E-state index contributed by atoms with van der Waals surface area (Å²) in [6.07, 6.45) is 2.10. The van der Waals surface area contributed by atoms with Gasteiger partial charge in [0.15, 0.2) is 0 Å². The Balaban J connectivity index is 2.25. The minimum atomic E-state index is -3.60. The zero-order chi connectivity index (χ0) is 13.3. The van der Waals surface area contributed by atoms with Gasteiger partial charge < -0.3 is 5.11 Å². The number of hydrogen-bond acceptors (Lipinski definition) is 3. The van der Waals surface area contributed by atoms with Gasteiger partial charge in [-0.25, -0.2) is 17.9 Å². The summed E-state index contributed by atoms with van der Waals surface area (Å²) in [7, 11) is -3.60. The lowest BCUT2D eigenvalue weighted by Crippen LogP contribution is -2.26. The Morgan fingerprint density at radius 1 is 1.44 bits per heavy atom. The molecule has 0 spiro atoms. The summed E-state index contributed by atoms with van der Waals surface area (Å²) in [5.41, 5.74) is 0.563. The van der Waals surface area contributed by atoms with Crippen molar-refractivity contribution in [3.8, 4) is 0 Å². The lowest BCUT2D eigenvalue weighted by atomic mass is 10.1.